The Morgan fingerprint density at radius 1 is 1.00 bits per heavy atom. The zero-order chi connectivity index (χ0) is 24.6. The van der Waals surface area contributed by atoms with Crippen molar-refractivity contribution in [3.63, 3.8) is 0 Å². The number of rotatable bonds is 5. The van der Waals surface area contributed by atoms with Crippen LogP contribution in [0.5, 0.6) is 0 Å². The maximum absolute atomic E-state index is 13.3. The molecule has 1 amide bonds. The summed E-state index contributed by atoms with van der Waals surface area (Å²) in [5.74, 6) is 0.326. The molecule has 0 radical (unpaired) electrons. The molecule has 0 bridgehead atoms. The second kappa shape index (κ2) is 9.31. The standard InChI is InChI=1S/C25H31N5O3S/c1-16-12-17(2)24(18(3)13-16)34(32,33)29-10-8-21(9-11-29)25(31)27-22-6-7-23(26-15-22)30-20(5)14-19(4)28-30/h6-7,12-15,21H,8-11H2,1-5H3,(H,27,31). The number of pyridine rings is 1. The number of aryl methyl sites for hydroxylation is 5. The normalized spacial score (nSPS) is 15.4. The summed E-state index contributed by atoms with van der Waals surface area (Å²) >= 11 is 0. The van der Waals surface area contributed by atoms with Gasteiger partial charge >= 0.3 is 0 Å². The Bertz CT molecular complexity index is 1300. The zero-order valence-corrected chi connectivity index (χ0v) is 21.1. The number of carbonyl (C=O) groups is 1. The van der Waals surface area contributed by atoms with Gasteiger partial charge in [-0.05, 0) is 76.8 Å². The van der Waals surface area contributed by atoms with E-state index in [2.05, 4.69) is 15.4 Å². The summed E-state index contributed by atoms with van der Waals surface area (Å²) in [5, 5.41) is 7.34. The minimum Gasteiger partial charge on any atom is -0.324 e. The van der Waals surface area contributed by atoms with Crippen molar-refractivity contribution in [2.45, 2.75) is 52.4 Å². The van der Waals surface area contributed by atoms with Gasteiger partial charge in [-0.25, -0.2) is 18.1 Å². The lowest BCUT2D eigenvalue weighted by atomic mass is 9.97. The average molecular weight is 482 g/mol. The molecule has 9 heteroatoms. The number of benzene rings is 1. The first kappa shape index (κ1) is 24.1. The van der Waals surface area contributed by atoms with Gasteiger partial charge in [-0.3, -0.25) is 4.79 Å². The van der Waals surface area contributed by atoms with Crippen LogP contribution in [0.4, 0.5) is 5.69 Å². The van der Waals surface area contributed by atoms with Gasteiger partial charge in [0, 0.05) is 24.7 Å². The van der Waals surface area contributed by atoms with Crippen LogP contribution in [0.2, 0.25) is 0 Å². The van der Waals surface area contributed by atoms with E-state index >= 15 is 0 Å². The van der Waals surface area contributed by atoms with Crippen molar-refractivity contribution >= 4 is 21.6 Å². The van der Waals surface area contributed by atoms with Gasteiger partial charge in [0.25, 0.3) is 0 Å². The Hall–Kier alpha value is -3.04. The minimum atomic E-state index is -3.60. The highest BCUT2D eigenvalue weighted by Crippen LogP contribution is 2.29. The van der Waals surface area contributed by atoms with E-state index in [0.717, 1.165) is 28.1 Å². The highest BCUT2D eigenvalue weighted by molar-refractivity contribution is 7.89. The van der Waals surface area contributed by atoms with E-state index in [1.54, 1.807) is 16.9 Å². The fraction of sp³-hybridized carbons (Fsp3) is 0.400. The van der Waals surface area contributed by atoms with Crippen molar-refractivity contribution in [1.82, 2.24) is 19.1 Å². The molecule has 1 fully saturated rings. The number of amides is 1. The molecule has 1 aliphatic rings. The summed E-state index contributed by atoms with van der Waals surface area (Å²) in [6.45, 7) is 10.2. The first-order valence-electron chi connectivity index (χ1n) is 11.4. The van der Waals surface area contributed by atoms with Gasteiger partial charge in [0.2, 0.25) is 15.9 Å². The van der Waals surface area contributed by atoms with Crippen LogP contribution in [0.3, 0.4) is 0 Å². The second-order valence-electron chi connectivity index (χ2n) is 9.14. The van der Waals surface area contributed by atoms with E-state index < -0.39 is 10.0 Å². The van der Waals surface area contributed by atoms with Gasteiger partial charge in [0.05, 0.1) is 22.5 Å². The number of carbonyl (C=O) groups excluding carboxylic acids is 1. The van der Waals surface area contributed by atoms with Crippen molar-refractivity contribution < 1.29 is 13.2 Å². The van der Waals surface area contributed by atoms with Crippen molar-refractivity contribution in [3.05, 3.63) is 64.6 Å². The van der Waals surface area contributed by atoms with Crippen LogP contribution >= 0.6 is 0 Å². The Morgan fingerprint density at radius 3 is 2.18 bits per heavy atom. The third kappa shape index (κ3) is 4.76. The Morgan fingerprint density at radius 2 is 1.65 bits per heavy atom. The topological polar surface area (TPSA) is 97.2 Å². The fourth-order valence-corrected chi connectivity index (χ4v) is 6.63. The maximum atomic E-state index is 13.3. The molecule has 0 atom stereocenters. The van der Waals surface area contributed by atoms with Gasteiger partial charge in [0.1, 0.15) is 0 Å². The second-order valence-corrected chi connectivity index (χ2v) is 11.0. The Labute approximate surface area is 201 Å². The predicted octanol–water partition coefficient (Wildman–Crippen LogP) is 3.85. The van der Waals surface area contributed by atoms with E-state index in [0.29, 0.717) is 42.3 Å². The molecule has 3 aromatic rings. The number of hydrogen-bond donors (Lipinski definition) is 1. The minimum absolute atomic E-state index is 0.111. The number of piperidine rings is 1. The molecule has 4 rings (SSSR count). The molecule has 3 heterocycles. The van der Waals surface area contributed by atoms with Gasteiger partial charge in [-0.2, -0.15) is 9.40 Å². The number of hydrogen-bond acceptors (Lipinski definition) is 5. The molecule has 0 aliphatic carbocycles. The van der Waals surface area contributed by atoms with Crippen LogP contribution in [0.15, 0.2) is 41.4 Å². The summed E-state index contributed by atoms with van der Waals surface area (Å²) in [6, 6.07) is 9.39. The van der Waals surface area contributed by atoms with Crippen LogP contribution in [-0.2, 0) is 14.8 Å². The summed E-state index contributed by atoms with van der Waals surface area (Å²) in [5.41, 5.74) is 5.07. The van der Waals surface area contributed by atoms with Crippen LogP contribution in [0.1, 0.15) is 40.9 Å². The molecular formula is C25H31N5O3S. The molecule has 1 N–H and O–H groups in total. The van der Waals surface area contributed by atoms with E-state index in [9.17, 15) is 13.2 Å². The number of nitrogens with one attached hydrogen (secondary N) is 1. The molecular weight excluding hydrogens is 450 g/mol. The quantitative estimate of drug-likeness (QED) is 0.597. The van der Waals surface area contributed by atoms with Crippen molar-refractivity contribution in [2.75, 3.05) is 18.4 Å². The van der Waals surface area contributed by atoms with E-state index in [-0.39, 0.29) is 11.8 Å². The Balaban J connectivity index is 1.39. The molecule has 8 nitrogen and oxygen atoms in total. The van der Waals surface area contributed by atoms with Crippen LogP contribution in [0.25, 0.3) is 5.82 Å². The molecule has 1 saturated heterocycles. The van der Waals surface area contributed by atoms with Gasteiger partial charge in [0.15, 0.2) is 5.82 Å². The number of aromatic nitrogens is 3. The van der Waals surface area contributed by atoms with Crippen LogP contribution < -0.4 is 5.32 Å². The highest BCUT2D eigenvalue weighted by atomic mass is 32.2. The third-order valence-electron chi connectivity index (χ3n) is 6.27. The number of anilines is 1. The first-order chi connectivity index (χ1) is 16.1. The van der Waals surface area contributed by atoms with E-state index in [4.69, 9.17) is 0 Å². The van der Waals surface area contributed by atoms with Crippen molar-refractivity contribution in [2.24, 2.45) is 5.92 Å². The first-order valence-corrected chi connectivity index (χ1v) is 12.9. The lowest BCUT2D eigenvalue weighted by Gasteiger charge is -2.31. The molecule has 2 aromatic heterocycles. The SMILES string of the molecule is Cc1cc(C)c(S(=O)(=O)N2CCC(C(=O)Nc3ccc(-n4nc(C)cc4C)nc3)CC2)c(C)c1. The summed E-state index contributed by atoms with van der Waals surface area (Å²) < 4.78 is 29.8. The van der Waals surface area contributed by atoms with Crippen LogP contribution in [0, 0.1) is 40.5 Å². The average Bonchev–Trinajstić information content (AvgIpc) is 3.11. The molecule has 180 valence electrons. The van der Waals surface area contributed by atoms with Crippen molar-refractivity contribution in [3.8, 4) is 5.82 Å². The van der Waals surface area contributed by atoms with E-state index in [1.165, 1.54) is 4.31 Å². The van der Waals surface area contributed by atoms with Gasteiger partial charge in [-0.1, -0.05) is 17.7 Å². The number of sulfonamides is 1. The fourth-order valence-electron chi connectivity index (χ4n) is 4.75. The Kier molecular flexibility index (Phi) is 6.60. The largest absolute Gasteiger partial charge is 0.324 e. The van der Waals surface area contributed by atoms with Crippen LogP contribution in [-0.4, -0.2) is 46.5 Å². The zero-order valence-electron chi connectivity index (χ0n) is 20.3. The number of nitrogens with zero attached hydrogens (tertiary/aromatic N) is 4. The monoisotopic (exact) mass is 481 g/mol. The molecule has 1 aromatic carbocycles. The molecule has 0 unspecified atom stereocenters. The smallest absolute Gasteiger partial charge is 0.243 e. The van der Waals surface area contributed by atoms with Crippen molar-refractivity contribution in [1.29, 1.82) is 0 Å². The molecule has 0 saturated carbocycles. The predicted molar refractivity (Wildman–Crippen MR) is 132 cm³/mol. The van der Waals surface area contributed by atoms with Gasteiger partial charge < -0.3 is 5.32 Å². The lowest BCUT2D eigenvalue weighted by Crippen LogP contribution is -2.41. The molecule has 0 spiro atoms. The lowest BCUT2D eigenvalue weighted by molar-refractivity contribution is -0.120. The maximum Gasteiger partial charge on any atom is 0.243 e. The summed E-state index contributed by atoms with van der Waals surface area (Å²) in [6.07, 6.45) is 2.57. The van der Waals surface area contributed by atoms with E-state index in [1.807, 2.05) is 58.9 Å². The molecule has 34 heavy (non-hydrogen) atoms. The highest BCUT2D eigenvalue weighted by Gasteiger charge is 2.33. The van der Waals surface area contributed by atoms with Gasteiger partial charge in [-0.15, -0.1) is 0 Å². The summed E-state index contributed by atoms with van der Waals surface area (Å²) in [4.78, 5) is 17.6. The third-order valence-corrected chi connectivity index (χ3v) is 8.47. The summed E-state index contributed by atoms with van der Waals surface area (Å²) in [7, 11) is -3.60. The molecule has 1 aliphatic heterocycles.